The molecule has 1 aromatic carbocycles. The van der Waals surface area contributed by atoms with Gasteiger partial charge in [-0.3, -0.25) is 0 Å². The zero-order valence-electron chi connectivity index (χ0n) is 9.11. The number of halogens is 1. The molecule has 0 saturated carbocycles. The van der Waals surface area contributed by atoms with Gasteiger partial charge in [0, 0.05) is 10.9 Å². The Morgan fingerprint density at radius 2 is 2.35 bits per heavy atom. The zero-order chi connectivity index (χ0) is 12.3. The summed E-state index contributed by atoms with van der Waals surface area (Å²) in [5.41, 5.74) is 1.73. The topological polar surface area (TPSA) is 45.9 Å². The minimum atomic E-state index is 0.334. The molecule has 0 atom stereocenters. The van der Waals surface area contributed by atoms with Gasteiger partial charge in [-0.2, -0.15) is 5.26 Å². The standard InChI is InChI=1S/C12H9ClN2OS/c1-16-11-3-2-8(6-10(11)13)12-15-9(4-5-14)7-17-12/h2-3,6-7H,4H2,1H3. The van der Waals surface area contributed by atoms with Crippen LogP contribution < -0.4 is 4.74 Å². The molecule has 0 spiro atoms. The largest absolute Gasteiger partial charge is 0.495 e. The Morgan fingerprint density at radius 3 is 3.00 bits per heavy atom. The first kappa shape index (κ1) is 11.9. The summed E-state index contributed by atoms with van der Waals surface area (Å²) in [7, 11) is 1.58. The molecule has 0 saturated heterocycles. The summed E-state index contributed by atoms with van der Waals surface area (Å²) in [4.78, 5) is 4.36. The highest BCUT2D eigenvalue weighted by molar-refractivity contribution is 7.13. The number of nitrogens with zero attached hydrogens (tertiary/aromatic N) is 2. The Morgan fingerprint density at radius 1 is 1.53 bits per heavy atom. The predicted molar refractivity (Wildman–Crippen MR) is 68.4 cm³/mol. The molecule has 2 rings (SSSR count). The first-order chi connectivity index (χ1) is 8.24. The lowest BCUT2D eigenvalue weighted by Crippen LogP contribution is -1.85. The second-order valence-electron chi connectivity index (χ2n) is 3.33. The van der Waals surface area contributed by atoms with E-state index in [0.717, 1.165) is 16.3 Å². The van der Waals surface area contributed by atoms with E-state index in [0.29, 0.717) is 17.2 Å². The summed E-state index contributed by atoms with van der Waals surface area (Å²) >= 11 is 7.55. The summed E-state index contributed by atoms with van der Waals surface area (Å²) < 4.78 is 5.09. The van der Waals surface area contributed by atoms with E-state index in [9.17, 15) is 0 Å². The monoisotopic (exact) mass is 264 g/mol. The maximum atomic E-state index is 8.59. The zero-order valence-corrected chi connectivity index (χ0v) is 10.7. The molecule has 0 bridgehead atoms. The molecule has 17 heavy (non-hydrogen) atoms. The van der Waals surface area contributed by atoms with Crippen molar-refractivity contribution in [2.75, 3.05) is 7.11 Å². The summed E-state index contributed by atoms with van der Waals surface area (Å²) in [5.74, 6) is 0.643. The van der Waals surface area contributed by atoms with Gasteiger partial charge in [0.05, 0.1) is 30.3 Å². The number of thiazole rings is 1. The van der Waals surface area contributed by atoms with Crippen LogP contribution in [0.25, 0.3) is 10.6 Å². The molecule has 0 aliphatic rings. The van der Waals surface area contributed by atoms with Crippen molar-refractivity contribution in [2.24, 2.45) is 0 Å². The third-order valence-electron chi connectivity index (χ3n) is 2.21. The molecule has 1 aromatic heterocycles. The molecule has 3 nitrogen and oxygen atoms in total. The number of methoxy groups -OCH3 is 1. The fraction of sp³-hybridized carbons (Fsp3) is 0.167. The molecule has 5 heteroatoms. The molecule has 0 aliphatic heterocycles. The van der Waals surface area contributed by atoms with Crippen LogP contribution >= 0.6 is 22.9 Å². The second-order valence-corrected chi connectivity index (χ2v) is 4.59. The third kappa shape index (κ3) is 2.57. The van der Waals surface area contributed by atoms with E-state index in [4.69, 9.17) is 21.6 Å². The van der Waals surface area contributed by atoms with Crippen LogP contribution in [0.5, 0.6) is 5.75 Å². The number of aromatic nitrogens is 1. The van der Waals surface area contributed by atoms with Crippen molar-refractivity contribution in [3.05, 3.63) is 34.3 Å². The maximum Gasteiger partial charge on any atom is 0.137 e. The number of nitriles is 1. The normalized spacial score (nSPS) is 9.94. The fourth-order valence-electron chi connectivity index (χ4n) is 1.40. The first-order valence-electron chi connectivity index (χ1n) is 4.90. The molecule has 86 valence electrons. The predicted octanol–water partition coefficient (Wildman–Crippen LogP) is 3.54. The van der Waals surface area contributed by atoms with Crippen LogP contribution in [-0.2, 0) is 6.42 Å². The second kappa shape index (κ2) is 5.17. The van der Waals surface area contributed by atoms with Crippen LogP contribution in [0.2, 0.25) is 5.02 Å². The summed E-state index contributed by atoms with van der Waals surface area (Å²) in [6, 6.07) is 7.60. The van der Waals surface area contributed by atoms with Crippen LogP contribution in [0, 0.1) is 11.3 Å². The molecule has 1 heterocycles. The van der Waals surface area contributed by atoms with E-state index in [1.807, 2.05) is 23.6 Å². The highest BCUT2D eigenvalue weighted by Gasteiger charge is 2.07. The molecule has 2 aromatic rings. The van der Waals surface area contributed by atoms with Gasteiger partial charge in [0.2, 0.25) is 0 Å². The lowest BCUT2D eigenvalue weighted by Gasteiger charge is -2.03. The Balaban J connectivity index is 2.33. The van der Waals surface area contributed by atoms with E-state index < -0.39 is 0 Å². The minimum absolute atomic E-state index is 0.334. The molecular formula is C12H9ClN2OS. The number of hydrogen-bond acceptors (Lipinski definition) is 4. The number of hydrogen-bond donors (Lipinski definition) is 0. The molecule has 0 aliphatic carbocycles. The van der Waals surface area contributed by atoms with Crippen molar-refractivity contribution in [1.29, 1.82) is 5.26 Å². The Hall–Kier alpha value is -1.57. The fourth-order valence-corrected chi connectivity index (χ4v) is 2.48. The van der Waals surface area contributed by atoms with E-state index in [1.165, 1.54) is 11.3 Å². The van der Waals surface area contributed by atoms with Crippen LogP contribution in [0.15, 0.2) is 23.6 Å². The number of ether oxygens (including phenoxy) is 1. The van der Waals surface area contributed by atoms with Crippen molar-refractivity contribution in [3.63, 3.8) is 0 Å². The third-order valence-corrected chi connectivity index (χ3v) is 3.45. The van der Waals surface area contributed by atoms with Gasteiger partial charge in [-0.1, -0.05) is 11.6 Å². The van der Waals surface area contributed by atoms with Crippen LogP contribution in [0.4, 0.5) is 0 Å². The quantitative estimate of drug-likeness (QED) is 0.852. The smallest absolute Gasteiger partial charge is 0.137 e. The van der Waals surface area contributed by atoms with E-state index in [1.54, 1.807) is 7.11 Å². The molecule has 0 N–H and O–H groups in total. The Bertz CT molecular complexity index is 574. The summed E-state index contributed by atoms with van der Waals surface area (Å²) in [6.07, 6.45) is 0.334. The van der Waals surface area contributed by atoms with Gasteiger partial charge in [-0.25, -0.2) is 4.98 Å². The molecule has 0 fully saturated rings. The molecule has 0 radical (unpaired) electrons. The van der Waals surface area contributed by atoms with Gasteiger partial charge in [-0.05, 0) is 18.2 Å². The highest BCUT2D eigenvalue weighted by atomic mass is 35.5. The average Bonchev–Trinajstić information content (AvgIpc) is 2.78. The highest BCUT2D eigenvalue weighted by Crippen LogP contribution is 2.31. The number of rotatable bonds is 3. The minimum Gasteiger partial charge on any atom is -0.495 e. The van der Waals surface area contributed by atoms with Crippen LogP contribution in [-0.4, -0.2) is 12.1 Å². The van der Waals surface area contributed by atoms with Gasteiger partial charge >= 0.3 is 0 Å². The Kier molecular flexibility index (Phi) is 3.62. The van der Waals surface area contributed by atoms with Gasteiger partial charge in [0.1, 0.15) is 10.8 Å². The van der Waals surface area contributed by atoms with E-state index in [2.05, 4.69) is 11.1 Å². The molecular weight excluding hydrogens is 256 g/mol. The van der Waals surface area contributed by atoms with Crippen molar-refractivity contribution >= 4 is 22.9 Å². The van der Waals surface area contributed by atoms with Gasteiger partial charge in [0.25, 0.3) is 0 Å². The Labute approximate surface area is 108 Å². The summed E-state index contributed by atoms with van der Waals surface area (Å²) in [6.45, 7) is 0. The van der Waals surface area contributed by atoms with Crippen LogP contribution in [0.3, 0.4) is 0 Å². The maximum absolute atomic E-state index is 8.59. The van der Waals surface area contributed by atoms with Gasteiger partial charge < -0.3 is 4.74 Å². The van der Waals surface area contributed by atoms with Crippen molar-refractivity contribution in [3.8, 4) is 22.4 Å². The lowest BCUT2D eigenvalue weighted by molar-refractivity contribution is 0.415. The van der Waals surface area contributed by atoms with Crippen LogP contribution in [0.1, 0.15) is 5.69 Å². The SMILES string of the molecule is COc1ccc(-c2nc(CC#N)cs2)cc1Cl. The molecule has 0 unspecified atom stereocenters. The van der Waals surface area contributed by atoms with Crippen molar-refractivity contribution in [2.45, 2.75) is 6.42 Å². The molecule has 0 amide bonds. The number of benzene rings is 1. The summed E-state index contributed by atoms with van der Waals surface area (Å²) in [5, 5.41) is 11.9. The van der Waals surface area contributed by atoms with E-state index in [-0.39, 0.29) is 0 Å². The van der Waals surface area contributed by atoms with Crippen molar-refractivity contribution in [1.82, 2.24) is 4.98 Å². The van der Waals surface area contributed by atoms with Gasteiger partial charge in [-0.15, -0.1) is 11.3 Å². The van der Waals surface area contributed by atoms with Gasteiger partial charge in [0.15, 0.2) is 0 Å². The lowest BCUT2D eigenvalue weighted by atomic mass is 10.2. The van der Waals surface area contributed by atoms with Crippen molar-refractivity contribution < 1.29 is 4.74 Å². The van der Waals surface area contributed by atoms with E-state index >= 15 is 0 Å². The average molecular weight is 265 g/mol. The first-order valence-corrected chi connectivity index (χ1v) is 6.15.